The average molecular weight is 401 g/mol. The van der Waals surface area contributed by atoms with E-state index in [-0.39, 0.29) is 29.3 Å². The van der Waals surface area contributed by atoms with Crippen LogP contribution in [-0.4, -0.2) is 25.0 Å². The second-order valence-corrected chi connectivity index (χ2v) is 8.84. The maximum Gasteiger partial charge on any atom is 0.309 e. The SMILES string of the molecule is CCOC(=O)C1CC1c1cc2cc(F)ccc2n1S(=O)(=O)c1ccc(C)cc1. The first kappa shape index (κ1) is 18.7. The van der Waals surface area contributed by atoms with Crippen molar-refractivity contribution in [2.45, 2.75) is 31.1 Å². The lowest BCUT2D eigenvalue weighted by Gasteiger charge is -2.12. The summed E-state index contributed by atoms with van der Waals surface area (Å²) in [5.41, 5.74) is 1.83. The van der Waals surface area contributed by atoms with Gasteiger partial charge in [-0.25, -0.2) is 16.8 Å². The third-order valence-corrected chi connectivity index (χ3v) is 6.82. The van der Waals surface area contributed by atoms with E-state index in [1.165, 1.54) is 22.2 Å². The Kier molecular flexibility index (Phi) is 4.50. The lowest BCUT2D eigenvalue weighted by molar-refractivity contribution is -0.144. The Morgan fingerprint density at radius 3 is 2.57 bits per heavy atom. The molecule has 146 valence electrons. The van der Waals surface area contributed by atoms with Gasteiger partial charge in [0, 0.05) is 17.0 Å². The summed E-state index contributed by atoms with van der Waals surface area (Å²) in [4.78, 5) is 12.2. The molecule has 1 aliphatic rings. The molecule has 1 heterocycles. The number of fused-ring (bicyclic) bond motifs is 1. The van der Waals surface area contributed by atoms with E-state index in [0.717, 1.165) is 5.56 Å². The third-order valence-electron chi connectivity index (χ3n) is 5.07. The minimum Gasteiger partial charge on any atom is -0.466 e. The van der Waals surface area contributed by atoms with E-state index < -0.39 is 15.8 Å². The van der Waals surface area contributed by atoms with Crippen molar-refractivity contribution in [3.05, 3.63) is 65.6 Å². The van der Waals surface area contributed by atoms with E-state index in [1.807, 2.05) is 6.92 Å². The van der Waals surface area contributed by atoms with Gasteiger partial charge in [0.25, 0.3) is 10.0 Å². The zero-order chi connectivity index (χ0) is 20.1. The monoisotopic (exact) mass is 401 g/mol. The number of aryl methyl sites for hydroxylation is 1. The molecule has 5 nitrogen and oxygen atoms in total. The number of benzene rings is 2. The van der Waals surface area contributed by atoms with Gasteiger partial charge in [-0.2, -0.15) is 0 Å². The molecular weight excluding hydrogens is 381 g/mol. The molecule has 7 heteroatoms. The molecule has 0 radical (unpaired) electrons. The molecule has 0 saturated heterocycles. The molecule has 1 aliphatic carbocycles. The van der Waals surface area contributed by atoms with E-state index >= 15 is 0 Å². The summed E-state index contributed by atoms with van der Waals surface area (Å²) < 4.78 is 46.9. The van der Waals surface area contributed by atoms with Crippen LogP contribution >= 0.6 is 0 Å². The van der Waals surface area contributed by atoms with E-state index in [0.29, 0.717) is 23.0 Å². The molecule has 1 fully saturated rings. The largest absolute Gasteiger partial charge is 0.466 e. The van der Waals surface area contributed by atoms with Gasteiger partial charge in [0.05, 0.1) is 22.9 Å². The first-order chi connectivity index (χ1) is 13.3. The number of esters is 1. The van der Waals surface area contributed by atoms with Crippen molar-refractivity contribution in [2.75, 3.05) is 6.61 Å². The molecule has 1 saturated carbocycles. The number of carbonyl (C=O) groups is 1. The van der Waals surface area contributed by atoms with Crippen LogP contribution in [0.4, 0.5) is 4.39 Å². The number of hydrogen-bond acceptors (Lipinski definition) is 4. The maximum atomic E-state index is 13.7. The van der Waals surface area contributed by atoms with Crippen LogP contribution < -0.4 is 0 Å². The van der Waals surface area contributed by atoms with Gasteiger partial charge in [-0.1, -0.05) is 17.7 Å². The summed E-state index contributed by atoms with van der Waals surface area (Å²) in [6.45, 7) is 3.89. The molecule has 0 spiro atoms. The standard InChI is InChI=1S/C21H20FNO4S/c1-3-27-21(24)18-12-17(18)20-11-14-10-15(22)6-9-19(14)23(20)28(25,26)16-7-4-13(2)5-8-16/h4-11,17-18H,3,12H2,1-2H3. The topological polar surface area (TPSA) is 65.4 Å². The molecule has 0 N–H and O–H groups in total. The van der Waals surface area contributed by atoms with Gasteiger partial charge in [0.2, 0.25) is 0 Å². The molecule has 0 bridgehead atoms. The highest BCUT2D eigenvalue weighted by Crippen LogP contribution is 2.50. The predicted molar refractivity (Wildman–Crippen MR) is 103 cm³/mol. The smallest absolute Gasteiger partial charge is 0.309 e. The first-order valence-electron chi connectivity index (χ1n) is 9.12. The van der Waals surface area contributed by atoms with Gasteiger partial charge < -0.3 is 4.74 Å². The Balaban J connectivity index is 1.87. The quantitative estimate of drug-likeness (QED) is 0.607. The Labute approximate surface area is 162 Å². The normalized spacial score (nSPS) is 19.0. The van der Waals surface area contributed by atoms with Crippen LogP contribution in [0.2, 0.25) is 0 Å². The van der Waals surface area contributed by atoms with Crippen LogP contribution in [0.5, 0.6) is 0 Å². The second-order valence-electron chi connectivity index (χ2n) is 7.06. The van der Waals surface area contributed by atoms with Gasteiger partial charge in [0.15, 0.2) is 0 Å². The van der Waals surface area contributed by atoms with E-state index in [9.17, 15) is 17.6 Å². The van der Waals surface area contributed by atoms with Crippen molar-refractivity contribution in [1.29, 1.82) is 0 Å². The molecule has 2 atom stereocenters. The first-order valence-corrected chi connectivity index (χ1v) is 10.6. The van der Waals surface area contributed by atoms with Crippen LogP contribution in [0.3, 0.4) is 0 Å². The average Bonchev–Trinajstić information content (AvgIpc) is 3.36. The molecule has 3 aromatic rings. The summed E-state index contributed by atoms with van der Waals surface area (Å²) in [7, 11) is -3.91. The number of rotatable bonds is 5. The summed E-state index contributed by atoms with van der Waals surface area (Å²) >= 11 is 0. The van der Waals surface area contributed by atoms with Crippen molar-refractivity contribution in [1.82, 2.24) is 3.97 Å². The minimum atomic E-state index is -3.91. The Hall–Kier alpha value is -2.67. The molecule has 4 rings (SSSR count). The lowest BCUT2D eigenvalue weighted by Crippen LogP contribution is -2.16. The van der Waals surface area contributed by atoms with Gasteiger partial charge in [-0.15, -0.1) is 0 Å². The summed E-state index contributed by atoms with van der Waals surface area (Å²) in [6, 6.07) is 12.2. The zero-order valence-electron chi connectivity index (χ0n) is 15.6. The molecule has 1 aromatic heterocycles. The van der Waals surface area contributed by atoms with Crippen LogP contribution in [-0.2, 0) is 19.6 Å². The number of ether oxygens (including phenoxy) is 1. The Morgan fingerprint density at radius 2 is 1.89 bits per heavy atom. The fraction of sp³-hybridized carbons (Fsp3) is 0.286. The van der Waals surface area contributed by atoms with E-state index in [2.05, 4.69) is 0 Å². The summed E-state index contributed by atoms with van der Waals surface area (Å²) in [5.74, 6) is -1.42. The van der Waals surface area contributed by atoms with Crippen molar-refractivity contribution in [3.8, 4) is 0 Å². The highest BCUT2D eigenvalue weighted by molar-refractivity contribution is 7.90. The Morgan fingerprint density at radius 1 is 1.18 bits per heavy atom. The number of aromatic nitrogens is 1. The van der Waals surface area contributed by atoms with Crippen LogP contribution in [0.15, 0.2) is 53.4 Å². The highest BCUT2D eigenvalue weighted by Gasteiger charge is 2.48. The van der Waals surface area contributed by atoms with Gasteiger partial charge in [-0.3, -0.25) is 4.79 Å². The molecular formula is C21H20FNO4S. The fourth-order valence-electron chi connectivity index (χ4n) is 3.56. The van der Waals surface area contributed by atoms with E-state index in [4.69, 9.17) is 4.74 Å². The van der Waals surface area contributed by atoms with Crippen LogP contribution in [0.25, 0.3) is 10.9 Å². The van der Waals surface area contributed by atoms with Crippen LogP contribution in [0.1, 0.15) is 30.5 Å². The predicted octanol–water partition coefficient (Wildman–Crippen LogP) is 3.99. The Bertz CT molecular complexity index is 1170. The lowest BCUT2D eigenvalue weighted by atomic mass is 10.2. The second kappa shape index (κ2) is 6.74. The van der Waals surface area contributed by atoms with Crippen LogP contribution in [0, 0.1) is 18.7 Å². The number of nitrogens with zero attached hydrogens (tertiary/aromatic N) is 1. The van der Waals surface area contributed by atoms with Gasteiger partial charge >= 0.3 is 5.97 Å². The van der Waals surface area contributed by atoms with Crippen molar-refractivity contribution in [3.63, 3.8) is 0 Å². The molecule has 0 amide bonds. The van der Waals surface area contributed by atoms with Gasteiger partial charge in [0.1, 0.15) is 5.82 Å². The van der Waals surface area contributed by atoms with Crippen molar-refractivity contribution >= 4 is 26.9 Å². The van der Waals surface area contributed by atoms with Crippen molar-refractivity contribution in [2.24, 2.45) is 5.92 Å². The highest BCUT2D eigenvalue weighted by atomic mass is 32.2. The molecule has 2 aromatic carbocycles. The minimum absolute atomic E-state index is 0.148. The van der Waals surface area contributed by atoms with Crippen molar-refractivity contribution < 1.29 is 22.3 Å². The molecule has 2 unspecified atom stereocenters. The number of carbonyl (C=O) groups excluding carboxylic acids is 1. The summed E-state index contributed by atoms with van der Waals surface area (Å²) in [6.07, 6.45) is 0.515. The summed E-state index contributed by atoms with van der Waals surface area (Å²) in [5, 5.41) is 0.486. The number of hydrogen-bond donors (Lipinski definition) is 0. The fourth-order valence-corrected chi connectivity index (χ4v) is 5.14. The van der Waals surface area contributed by atoms with Gasteiger partial charge in [-0.05, 0) is 56.7 Å². The molecule has 0 aliphatic heterocycles. The zero-order valence-corrected chi connectivity index (χ0v) is 16.4. The third kappa shape index (κ3) is 3.09. The molecule has 28 heavy (non-hydrogen) atoms. The van der Waals surface area contributed by atoms with E-state index in [1.54, 1.807) is 37.3 Å². The maximum absolute atomic E-state index is 13.7. The number of halogens is 1.